The molecule has 2 N–H and O–H groups in total. The molecule has 0 radical (unpaired) electrons. The van der Waals surface area contributed by atoms with Crippen LogP contribution in [-0.2, 0) is 0 Å². The summed E-state index contributed by atoms with van der Waals surface area (Å²) in [4.78, 5) is 16.2. The quantitative estimate of drug-likeness (QED) is 0.872. The normalized spacial score (nSPS) is 28.4. The minimum absolute atomic E-state index is 0.0154. The Morgan fingerprint density at radius 2 is 2.32 bits per heavy atom. The lowest BCUT2D eigenvalue weighted by Crippen LogP contribution is -2.31. The Morgan fingerprint density at radius 3 is 3.00 bits per heavy atom. The first kappa shape index (κ1) is 12.5. The summed E-state index contributed by atoms with van der Waals surface area (Å²) < 4.78 is 0. The highest BCUT2D eigenvalue weighted by molar-refractivity contribution is 5.94. The van der Waals surface area contributed by atoms with E-state index in [0.717, 1.165) is 24.2 Å². The first-order valence-corrected chi connectivity index (χ1v) is 7.18. The highest BCUT2D eigenvalue weighted by atomic mass is 16.1. The lowest BCUT2D eigenvalue weighted by molar-refractivity contribution is 0.0941. The van der Waals surface area contributed by atoms with Crippen molar-refractivity contribution in [1.82, 2.24) is 10.3 Å². The van der Waals surface area contributed by atoms with E-state index < -0.39 is 0 Å². The third-order valence-corrected chi connectivity index (χ3v) is 4.69. The van der Waals surface area contributed by atoms with Gasteiger partial charge in [-0.2, -0.15) is 0 Å². The van der Waals surface area contributed by atoms with Crippen LogP contribution < -0.4 is 10.6 Å². The number of carbonyl (C=O) groups excluding carboxylic acids is 1. The van der Waals surface area contributed by atoms with E-state index in [1.54, 1.807) is 25.4 Å². The molecule has 2 bridgehead atoms. The average molecular weight is 259 g/mol. The molecule has 1 aromatic rings. The summed E-state index contributed by atoms with van der Waals surface area (Å²) in [6.45, 7) is 0.831. The van der Waals surface area contributed by atoms with Gasteiger partial charge in [0.2, 0.25) is 0 Å². The zero-order valence-corrected chi connectivity index (χ0v) is 11.4. The molecule has 0 aromatic carbocycles. The summed E-state index contributed by atoms with van der Waals surface area (Å²) in [6.07, 6.45) is 7.14. The van der Waals surface area contributed by atoms with E-state index >= 15 is 0 Å². The number of hydrogen-bond donors (Lipinski definition) is 2. The van der Waals surface area contributed by atoms with Crippen LogP contribution in [0.15, 0.2) is 18.3 Å². The molecule has 2 aliphatic carbocycles. The van der Waals surface area contributed by atoms with Gasteiger partial charge in [-0.05, 0) is 49.1 Å². The smallest absolute Gasteiger partial charge is 0.251 e. The van der Waals surface area contributed by atoms with Gasteiger partial charge in [0.1, 0.15) is 5.82 Å². The maximum absolute atomic E-state index is 12.1. The van der Waals surface area contributed by atoms with Crippen LogP contribution in [0.25, 0.3) is 0 Å². The highest BCUT2D eigenvalue weighted by Crippen LogP contribution is 2.47. The maximum atomic E-state index is 12.1. The van der Waals surface area contributed by atoms with Gasteiger partial charge in [0.25, 0.3) is 5.91 Å². The van der Waals surface area contributed by atoms with Crippen molar-refractivity contribution in [2.75, 3.05) is 18.9 Å². The highest BCUT2D eigenvalue weighted by Gasteiger charge is 2.39. The van der Waals surface area contributed by atoms with E-state index in [0.29, 0.717) is 11.5 Å². The van der Waals surface area contributed by atoms with E-state index in [1.165, 1.54) is 25.7 Å². The van der Waals surface area contributed by atoms with Crippen LogP contribution in [0.1, 0.15) is 36.0 Å². The Hall–Kier alpha value is -1.58. The molecule has 2 saturated carbocycles. The van der Waals surface area contributed by atoms with Crippen LogP contribution in [0, 0.1) is 17.8 Å². The van der Waals surface area contributed by atoms with Gasteiger partial charge in [-0.15, -0.1) is 0 Å². The molecular formula is C15H21N3O. The monoisotopic (exact) mass is 259 g/mol. The van der Waals surface area contributed by atoms with Gasteiger partial charge in [-0.3, -0.25) is 4.79 Å². The van der Waals surface area contributed by atoms with E-state index in [2.05, 4.69) is 15.6 Å². The van der Waals surface area contributed by atoms with E-state index in [4.69, 9.17) is 0 Å². The number of nitrogens with zero attached hydrogens (tertiary/aromatic N) is 1. The van der Waals surface area contributed by atoms with Crippen LogP contribution in [0.5, 0.6) is 0 Å². The molecule has 3 unspecified atom stereocenters. The van der Waals surface area contributed by atoms with Crippen molar-refractivity contribution in [2.45, 2.75) is 25.7 Å². The molecule has 0 spiro atoms. The van der Waals surface area contributed by atoms with Crippen LogP contribution in [0.2, 0.25) is 0 Å². The second-order valence-electron chi connectivity index (χ2n) is 5.82. The molecule has 1 amide bonds. The van der Waals surface area contributed by atoms with Crippen molar-refractivity contribution in [3.63, 3.8) is 0 Å². The number of aromatic nitrogens is 1. The molecule has 3 atom stereocenters. The summed E-state index contributed by atoms with van der Waals surface area (Å²) in [7, 11) is 1.80. The summed E-state index contributed by atoms with van der Waals surface area (Å²) in [5.74, 6) is 3.24. The fourth-order valence-corrected chi connectivity index (χ4v) is 3.66. The average Bonchev–Trinajstić information content (AvgIpc) is 3.07. The van der Waals surface area contributed by atoms with Crippen LogP contribution in [0.4, 0.5) is 5.82 Å². The molecule has 1 heterocycles. The predicted octanol–water partition coefficient (Wildman–Crippen LogP) is 2.29. The summed E-state index contributed by atoms with van der Waals surface area (Å²) >= 11 is 0. The second-order valence-corrected chi connectivity index (χ2v) is 5.82. The molecule has 3 rings (SSSR count). The number of fused-ring (bicyclic) bond motifs is 2. The van der Waals surface area contributed by atoms with Crippen LogP contribution in [0.3, 0.4) is 0 Å². The molecule has 2 aliphatic rings. The van der Waals surface area contributed by atoms with Crippen molar-refractivity contribution >= 4 is 11.7 Å². The van der Waals surface area contributed by atoms with E-state index in [-0.39, 0.29) is 5.91 Å². The van der Waals surface area contributed by atoms with Gasteiger partial charge >= 0.3 is 0 Å². The lowest BCUT2D eigenvalue weighted by Gasteiger charge is -2.21. The number of anilines is 1. The molecule has 0 aliphatic heterocycles. The SMILES string of the molecule is CNc1cc(C(=O)NCC2CC3CCC2C3)ccn1. The molecule has 19 heavy (non-hydrogen) atoms. The van der Waals surface area contributed by atoms with Gasteiger partial charge in [0, 0.05) is 25.4 Å². The minimum atomic E-state index is 0.0154. The Bertz CT molecular complexity index is 474. The van der Waals surface area contributed by atoms with Gasteiger partial charge in [-0.1, -0.05) is 6.42 Å². The summed E-state index contributed by atoms with van der Waals surface area (Å²) in [5, 5.41) is 6.03. The second kappa shape index (κ2) is 5.19. The summed E-state index contributed by atoms with van der Waals surface area (Å²) in [6, 6.07) is 3.55. The summed E-state index contributed by atoms with van der Waals surface area (Å²) in [5.41, 5.74) is 0.683. The van der Waals surface area contributed by atoms with Crippen molar-refractivity contribution in [2.24, 2.45) is 17.8 Å². The predicted molar refractivity (Wildman–Crippen MR) is 75.1 cm³/mol. The van der Waals surface area contributed by atoms with Gasteiger partial charge in [-0.25, -0.2) is 4.98 Å². The molecule has 1 aromatic heterocycles. The van der Waals surface area contributed by atoms with Crippen LogP contribution >= 0.6 is 0 Å². The fourth-order valence-electron chi connectivity index (χ4n) is 3.66. The Kier molecular flexibility index (Phi) is 3.40. The van der Waals surface area contributed by atoms with Gasteiger partial charge < -0.3 is 10.6 Å². The number of hydrogen-bond acceptors (Lipinski definition) is 3. The topological polar surface area (TPSA) is 54.0 Å². The third-order valence-electron chi connectivity index (χ3n) is 4.69. The fraction of sp³-hybridized carbons (Fsp3) is 0.600. The first-order valence-electron chi connectivity index (χ1n) is 7.18. The number of nitrogens with one attached hydrogen (secondary N) is 2. The van der Waals surface area contributed by atoms with E-state index in [9.17, 15) is 4.79 Å². The molecule has 102 valence electrons. The maximum Gasteiger partial charge on any atom is 0.251 e. The molecular weight excluding hydrogens is 238 g/mol. The Morgan fingerprint density at radius 1 is 1.42 bits per heavy atom. The molecule has 0 saturated heterocycles. The zero-order chi connectivity index (χ0) is 13.2. The number of rotatable bonds is 4. The number of pyridine rings is 1. The molecule has 2 fully saturated rings. The zero-order valence-electron chi connectivity index (χ0n) is 11.4. The first-order chi connectivity index (χ1) is 9.26. The lowest BCUT2D eigenvalue weighted by atomic mass is 9.89. The van der Waals surface area contributed by atoms with Crippen molar-refractivity contribution in [3.05, 3.63) is 23.9 Å². The van der Waals surface area contributed by atoms with Gasteiger partial charge in [0.15, 0.2) is 0 Å². The van der Waals surface area contributed by atoms with Crippen molar-refractivity contribution in [3.8, 4) is 0 Å². The molecule has 4 heteroatoms. The number of carbonyl (C=O) groups is 1. The van der Waals surface area contributed by atoms with Crippen molar-refractivity contribution in [1.29, 1.82) is 0 Å². The largest absolute Gasteiger partial charge is 0.373 e. The van der Waals surface area contributed by atoms with E-state index in [1.807, 2.05) is 0 Å². The van der Waals surface area contributed by atoms with Gasteiger partial charge in [0.05, 0.1) is 0 Å². The van der Waals surface area contributed by atoms with Crippen LogP contribution in [-0.4, -0.2) is 24.5 Å². The Labute approximate surface area is 114 Å². The molecule has 4 nitrogen and oxygen atoms in total. The minimum Gasteiger partial charge on any atom is -0.373 e. The third kappa shape index (κ3) is 2.57. The van der Waals surface area contributed by atoms with Crippen molar-refractivity contribution < 1.29 is 4.79 Å². The number of amides is 1. The Balaban J connectivity index is 1.56. The standard InChI is InChI=1S/C15H21N3O/c1-16-14-8-12(4-5-17-14)15(19)18-9-13-7-10-2-3-11(13)6-10/h4-5,8,10-11,13H,2-3,6-7,9H2,1H3,(H,16,17)(H,18,19).